The van der Waals surface area contributed by atoms with Gasteiger partial charge in [0.25, 0.3) is 0 Å². The molecule has 0 radical (unpaired) electrons. The predicted molar refractivity (Wildman–Crippen MR) is 79.7 cm³/mol. The van der Waals surface area contributed by atoms with E-state index in [0.717, 1.165) is 15.9 Å². The highest BCUT2D eigenvalue weighted by atomic mass is 79.9. The predicted octanol–water partition coefficient (Wildman–Crippen LogP) is 3.28. The van der Waals surface area contributed by atoms with Gasteiger partial charge in [-0.15, -0.1) is 11.8 Å². The van der Waals surface area contributed by atoms with E-state index in [4.69, 9.17) is 5.73 Å². The van der Waals surface area contributed by atoms with Crippen molar-refractivity contribution in [3.05, 3.63) is 46.2 Å². The summed E-state index contributed by atoms with van der Waals surface area (Å²) in [6.07, 6.45) is 1.79. The smallest absolute Gasteiger partial charge is 0.0698 e. The Balaban J connectivity index is 2.05. The Bertz CT molecular complexity index is 519. The summed E-state index contributed by atoms with van der Waals surface area (Å²) in [5.41, 5.74) is 8.56. The zero-order valence-corrected chi connectivity index (χ0v) is 12.8. The van der Waals surface area contributed by atoms with Crippen LogP contribution in [0.1, 0.15) is 17.3 Å². The highest BCUT2D eigenvalue weighted by Gasteiger charge is 2.15. The lowest BCUT2D eigenvalue weighted by Gasteiger charge is -2.13. The van der Waals surface area contributed by atoms with Crippen molar-refractivity contribution < 1.29 is 0 Å². The second-order valence-electron chi connectivity index (χ2n) is 4.18. The number of aryl methyl sites for hydroxylation is 2. The van der Waals surface area contributed by atoms with E-state index in [0.29, 0.717) is 0 Å². The first-order chi connectivity index (χ1) is 8.59. The highest BCUT2D eigenvalue weighted by Crippen LogP contribution is 2.28. The molecule has 0 amide bonds. The van der Waals surface area contributed by atoms with Crippen molar-refractivity contribution in [1.29, 1.82) is 0 Å². The molecule has 5 heteroatoms. The van der Waals surface area contributed by atoms with Crippen molar-refractivity contribution in [2.75, 3.05) is 5.75 Å². The van der Waals surface area contributed by atoms with Crippen molar-refractivity contribution >= 4 is 27.7 Å². The van der Waals surface area contributed by atoms with Gasteiger partial charge in [-0.25, -0.2) is 0 Å². The first-order valence-electron chi connectivity index (χ1n) is 5.71. The third-order valence-corrected chi connectivity index (χ3v) is 4.71. The molecule has 0 bridgehead atoms. The summed E-state index contributed by atoms with van der Waals surface area (Å²) in [4.78, 5) is 1.28. The van der Waals surface area contributed by atoms with Crippen molar-refractivity contribution in [3.63, 3.8) is 0 Å². The summed E-state index contributed by atoms with van der Waals surface area (Å²) in [6, 6.07) is 8.33. The summed E-state index contributed by atoms with van der Waals surface area (Å²) in [5, 5.41) is 4.19. The van der Waals surface area contributed by atoms with Crippen LogP contribution in [0.5, 0.6) is 0 Å². The first-order valence-corrected chi connectivity index (χ1v) is 7.49. The van der Waals surface area contributed by atoms with E-state index in [-0.39, 0.29) is 6.04 Å². The summed E-state index contributed by atoms with van der Waals surface area (Å²) in [7, 11) is 1.92. The maximum atomic E-state index is 6.23. The van der Waals surface area contributed by atoms with E-state index >= 15 is 0 Å². The van der Waals surface area contributed by atoms with E-state index in [2.05, 4.69) is 52.2 Å². The van der Waals surface area contributed by atoms with Gasteiger partial charge in [-0.2, -0.15) is 5.10 Å². The Kier molecular flexibility index (Phi) is 4.48. The SMILES string of the molecule is Cc1ccccc1SCC(N)c1c(Br)cnn1C. The lowest BCUT2D eigenvalue weighted by Crippen LogP contribution is -2.17. The van der Waals surface area contributed by atoms with E-state index in [1.165, 1.54) is 10.5 Å². The molecule has 1 aromatic carbocycles. The van der Waals surface area contributed by atoms with Crippen LogP contribution < -0.4 is 5.73 Å². The Morgan fingerprint density at radius 1 is 1.44 bits per heavy atom. The van der Waals surface area contributed by atoms with Crippen molar-refractivity contribution in [2.45, 2.75) is 17.9 Å². The number of thioether (sulfide) groups is 1. The van der Waals surface area contributed by atoms with E-state index < -0.39 is 0 Å². The molecule has 1 aromatic heterocycles. The minimum Gasteiger partial charge on any atom is -0.322 e. The zero-order valence-electron chi connectivity index (χ0n) is 10.4. The van der Waals surface area contributed by atoms with Crippen molar-refractivity contribution in [2.24, 2.45) is 12.8 Å². The van der Waals surface area contributed by atoms with Crippen LogP contribution in [0.3, 0.4) is 0 Å². The second kappa shape index (κ2) is 5.91. The van der Waals surface area contributed by atoms with Crippen LogP contribution in [0.4, 0.5) is 0 Å². The van der Waals surface area contributed by atoms with Crippen LogP contribution in [0.25, 0.3) is 0 Å². The minimum absolute atomic E-state index is 0.0310. The van der Waals surface area contributed by atoms with Gasteiger partial charge in [0.05, 0.1) is 22.4 Å². The molecule has 18 heavy (non-hydrogen) atoms. The maximum absolute atomic E-state index is 6.23. The Labute approximate surface area is 120 Å². The number of rotatable bonds is 4. The molecule has 2 N–H and O–H groups in total. The van der Waals surface area contributed by atoms with Crippen molar-refractivity contribution in [1.82, 2.24) is 9.78 Å². The fourth-order valence-corrected chi connectivity index (χ4v) is 3.44. The zero-order chi connectivity index (χ0) is 13.1. The fourth-order valence-electron chi connectivity index (χ4n) is 1.81. The topological polar surface area (TPSA) is 43.8 Å². The van der Waals surface area contributed by atoms with Gasteiger partial charge in [-0.1, -0.05) is 18.2 Å². The molecule has 0 aliphatic rings. The summed E-state index contributed by atoms with van der Waals surface area (Å²) >= 11 is 5.27. The quantitative estimate of drug-likeness (QED) is 0.877. The largest absolute Gasteiger partial charge is 0.322 e. The molecule has 96 valence electrons. The molecule has 1 heterocycles. The summed E-state index contributed by atoms with van der Waals surface area (Å²) in [6.45, 7) is 2.12. The molecular formula is C13H16BrN3S. The number of aromatic nitrogens is 2. The molecule has 0 saturated carbocycles. The molecular weight excluding hydrogens is 310 g/mol. The maximum Gasteiger partial charge on any atom is 0.0698 e. The van der Waals surface area contributed by atoms with Gasteiger partial charge in [-0.05, 0) is 34.5 Å². The molecule has 0 aliphatic carbocycles. The number of nitrogens with two attached hydrogens (primary N) is 1. The van der Waals surface area contributed by atoms with Gasteiger partial charge in [0, 0.05) is 17.7 Å². The number of hydrogen-bond donors (Lipinski definition) is 1. The molecule has 0 saturated heterocycles. The van der Waals surface area contributed by atoms with Gasteiger partial charge in [-0.3, -0.25) is 4.68 Å². The van der Waals surface area contributed by atoms with Crippen molar-refractivity contribution in [3.8, 4) is 0 Å². The lowest BCUT2D eigenvalue weighted by molar-refractivity contribution is 0.657. The summed E-state index contributed by atoms with van der Waals surface area (Å²) in [5.74, 6) is 0.836. The number of benzene rings is 1. The van der Waals surface area contributed by atoms with Gasteiger partial charge in [0.15, 0.2) is 0 Å². The molecule has 1 unspecified atom stereocenters. The molecule has 2 rings (SSSR count). The van der Waals surface area contributed by atoms with Crippen LogP contribution in [0, 0.1) is 6.92 Å². The molecule has 2 aromatic rings. The standard InChI is InChI=1S/C13H16BrN3S/c1-9-5-3-4-6-12(9)18-8-11(15)13-10(14)7-16-17(13)2/h3-7,11H,8,15H2,1-2H3. The van der Waals surface area contributed by atoms with Crippen LogP contribution in [-0.4, -0.2) is 15.5 Å². The van der Waals surface area contributed by atoms with Crippen LogP contribution in [-0.2, 0) is 7.05 Å². The molecule has 0 fully saturated rings. The Morgan fingerprint density at radius 3 is 2.78 bits per heavy atom. The number of halogens is 1. The molecule has 0 aliphatic heterocycles. The highest BCUT2D eigenvalue weighted by molar-refractivity contribution is 9.10. The summed E-state index contributed by atoms with van der Waals surface area (Å²) < 4.78 is 2.80. The average molecular weight is 326 g/mol. The Morgan fingerprint density at radius 2 is 2.17 bits per heavy atom. The normalized spacial score (nSPS) is 12.7. The monoisotopic (exact) mass is 325 g/mol. The van der Waals surface area contributed by atoms with Crippen LogP contribution in [0.15, 0.2) is 39.8 Å². The van der Waals surface area contributed by atoms with Crippen LogP contribution >= 0.6 is 27.7 Å². The first kappa shape index (κ1) is 13.6. The molecule has 1 atom stereocenters. The third kappa shape index (κ3) is 2.96. The van der Waals surface area contributed by atoms with E-state index in [9.17, 15) is 0 Å². The van der Waals surface area contributed by atoms with Crippen LogP contribution in [0.2, 0.25) is 0 Å². The third-order valence-electron chi connectivity index (χ3n) is 2.80. The fraction of sp³-hybridized carbons (Fsp3) is 0.308. The molecule has 0 spiro atoms. The lowest BCUT2D eigenvalue weighted by atomic mass is 10.2. The van der Waals surface area contributed by atoms with Gasteiger partial charge < -0.3 is 5.73 Å². The number of hydrogen-bond acceptors (Lipinski definition) is 3. The van der Waals surface area contributed by atoms with Gasteiger partial charge in [0.2, 0.25) is 0 Å². The van der Waals surface area contributed by atoms with Gasteiger partial charge in [0.1, 0.15) is 0 Å². The van der Waals surface area contributed by atoms with E-state index in [1.54, 1.807) is 18.0 Å². The van der Waals surface area contributed by atoms with Gasteiger partial charge >= 0.3 is 0 Å². The second-order valence-corrected chi connectivity index (χ2v) is 6.10. The van der Waals surface area contributed by atoms with E-state index in [1.807, 2.05) is 11.7 Å². The Hall–Kier alpha value is -0.780. The molecule has 3 nitrogen and oxygen atoms in total. The minimum atomic E-state index is -0.0310. The average Bonchev–Trinajstić information content (AvgIpc) is 2.68. The number of nitrogens with zero attached hydrogens (tertiary/aromatic N) is 2.